The van der Waals surface area contributed by atoms with Gasteiger partial charge in [-0.05, 0) is 31.2 Å². The van der Waals surface area contributed by atoms with E-state index < -0.39 is 39.3 Å². The highest BCUT2D eigenvalue weighted by molar-refractivity contribution is 7.90. The lowest BCUT2D eigenvalue weighted by molar-refractivity contribution is -0.189. The normalized spacial score (nSPS) is 15.6. The summed E-state index contributed by atoms with van der Waals surface area (Å²) in [4.78, 5) is 18.0. The Balaban J connectivity index is 1.91. The van der Waals surface area contributed by atoms with Crippen LogP contribution in [0.25, 0.3) is 0 Å². The summed E-state index contributed by atoms with van der Waals surface area (Å²) >= 11 is 0. The molecule has 0 radical (unpaired) electrons. The quantitative estimate of drug-likeness (QED) is 0.609. The van der Waals surface area contributed by atoms with Crippen molar-refractivity contribution in [2.45, 2.75) is 30.2 Å². The third kappa shape index (κ3) is 5.06. The number of sulfone groups is 1. The van der Waals surface area contributed by atoms with E-state index in [1.807, 2.05) is 0 Å². The van der Waals surface area contributed by atoms with Crippen molar-refractivity contribution >= 4 is 15.7 Å². The van der Waals surface area contributed by atoms with Crippen LogP contribution in [0.15, 0.2) is 41.6 Å². The third-order valence-electron chi connectivity index (χ3n) is 4.75. The Labute approximate surface area is 182 Å². The first-order chi connectivity index (χ1) is 14.9. The van der Waals surface area contributed by atoms with Crippen molar-refractivity contribution in [2.24, 2.45) is 0 Å². The van der Waals surface area contributed by atoms with E-state index in [2.05, 4.69) is 4.98 Å². The standard InChI is InChI=1S/C20H21F3N2O6S/c1-12(20(21,22)23)30-15-4-5-16(32(3,27)28)18(29-2)17(15)19(26)25-10-14(11-25)31-13-6-8-24-9-7-13/h4-9,12,14H,10-11H2,1-3H3. The zero-order valence-electron chi connectivity index (χ0n) is 17.4. The highest BCUT2D eigenvalue weighted by Gasteiger charge is 2.41. The van der Waals surface area contributed by atoms with Crippen molar-refractivity contribution in [2.75, 3.05) is 26.5 Å². The number of benzene rings is 1. The molecule has 1 aliphatic rings. The second-order valence-electron chi connectivity index (χ2n) is 7.18. The molecule has 1 aromatic carbocycles. The molecule has 1 aromatic heterocycles. The molecule has 2 aromatic rings. The highest BCUT2D eigenvalue weighted by atomic mass is 32.2. The summed E-state index contributed by atoms with van der Waals surface area (Å²) < 4.78 is 79.3. The van der Waals surface area contributed by atoms with Gasteiger partial charge in [-0.1, -0.05) is 0 Å². The van der Waals surface area contributed by atoms with Crippen molar-refractivity contribution in [1.82, 2.24) is 9.88 Å². The number of hydrogen-bond donors (Lipinski definition) is 0. The van der Waals surface area contributed by atoms with E-state index in [1.54, 1.807) is 24.5 Å². The number of methoxy groups -OCH3 is 1. The first-order valence-corrected chi connectivity index (χ1v) is 11.3. The predicted molar refractivity (Wildman–Crippen MR) is 107 cm³/mol. The van der Waals surface area contributed by atoms with E-state index in [0.29, 0.717) is 5.75 Å². The van der Waals surface area contributed by atoms with Crippen molar-refractivity contribution in [1.29, 1.82) is 0 Å². The number of ether oxygens (including phenoxy) is 3. The third-order valence-corrected chi connectivity index (χ3v) is 5.87. The van der Waals surface area contributed by atoms with Crippen LogP contribution in [0, 0.1) is 0 Å². The molecule has 0 spiro atoms. The van der Waals surface area contributed by atoms with E-state index in [0.717, 1.165) is 32.4 Å². The molecule has 1 atom stereocenters. The smallest absolute Gasteiger partial charge is 0.425 e. The predicted octanol–water partition coefficient (Wildman–Crippen LogP) is 2.73. The number of hydrogen-bond acceptors (Lipinski definition) is 7. The Kier molecular flexibility index (Phi) is 6.54. The van der Waals surface area contributed by atoms with Gasteiger partial charge in [0.2, 0.25) is 0 Å². The lowest BCUT2D eigenvalue weighted by Crippen LogP contribution is -2.56. The molecule has 1 amide bonds. The molecular formula is C20H21F3N2O6S. The second-order valence-corrected chi connectivity index (χ2v) is 9.16. The van der Waals surface area contributed by atoms with Crippen LogP contribution in [0.5, 0.6) is 17.2 Å². The van der Waals surface area contributed by atoms with Crippen molar-refractivity contribution in [3.63, 3.8) is 0 Å². The molecule has 0 aliphatic carbocycles. The van der Waals surface area contributed by atoms with Crippen molar-refractivity contribution in [3.05, 3.63) is 42.2 Å². The Morgan fingerprint density at radius 2 is 1.81 bits per heavy atom. The second kappa shape index (κ2) is 8.85. The molecule has 0 saturated carbocycles. The van der Waals surface area contributed by atoms with Gasteiger partial charge < -0.3 is 19.1 Å². The van der Waals surface area contributed by atoms with Crippen LogP contribution in [-0.4, -0.2) is 69.0 Å². The van der Waals surface area contributed by atoms with Gasteiger partial charge in [-0.3, -0.25) is 9.78 Å². The van der Waals surface area contributed by atoms with Gasteiger partial charge in [0.05, 0.1) is 20.2 Å². The summed E-state index contributed by atoms with van der Waals surface area (Å²) in [6.07, 6.45) is -3.27. The van der Waals surface area contributed by atoms with Gasteiger partial charge in [0.1, 0.15) is 28.1 Å². The van der Waals surface area contributed by atoms with E-state index in [1.165, 1.54) is 4.90 Å². The number of nitrogens with zero attached hydrogens (tertiary/aromatic N) is 2. The Hall–Kier alpha value is -3.02. The van der Waals surface area contributed by atoms with Crippen LogP contribution in [0.1, 0.15) is 17.3 Å². The van der Waals surface area contributed by atoms with E-state index >= 15 is 0 Å². The van der Waals surface area contributed by atoms with Gasteiger partial charge in [-0.25, -0.2) is 8.42 Å². The summed E-state index contributed by atoms with van der Waals surface area (Å²) in [7, 11) is -2.72. The molecule has 12 heteroatoms. The first kappa shape index (κ1) is 23.6. The number of amides is 1. The lowest BCUT2D eigenvalue weighted by atomic mass is 10.1. The fourth-order valence-electron chi connectivity index (χ4n) is 3.04. The average molecular weight is 474 g/mol. The van der Waals surface area contributed by atoms with Crippen molar-refractivity contribution < 1.29 is 40.6 Å². The number of likely N-dealkylation sites (tertiary alicyclic amines) is 1. The van der Waals surface area contributed by atoms with Gasteiger partial charge in [0.25, 0.3) is 5.91 Å². The number of carbonyl (C=O) groups excluding carboxylic acids is 1. The van der Waals surface area contributed by atoms with Gasteiger partial charge in [-0.15, -0.1) is 0 Å². The van der Waals surface area contributed by atoms with E-state index in [4.69, 9.17) is 14.2 Å². The van der Waals surface area contributed by atoms with E-state index in [-0.39, 0.29) is 29.8 Å². The number of aromatic nitrogens is 1. The van der Waals surface area contributed by atoms with Crippen LogP contribution in [-0.2, 0) is 9.84 Å². The lowest BCUT2D eigenvalue weighted by Gasteiger charge is -2.39. The number of carbonyl (C=O) groups is 1. The minimum Gasteiger partial charge on any atom is -0.494 e. The summed E-state index contributed by atoms with van der Waals surface area (Å²) in [6, 6.07) is 5.37. The van der Waals surface area contributed by atoms with Crippen LogP contribution in [0.3, 0.4) is 0 Å². The number of halogens is 3. The fourth-order valence-corrected chi connectivity index (χ4v) is 3.88. The molecule has 174 valence electrons. The topological polar surface area (TPSA) is 95.0 Å². The summed E-state index contributed by atoms with van der Waals surface area (Å²) in [5.41, 5.74) is -0.395. The van der Waals surface area contributed by atoms with Crippen LogP contribution in [0.4, 0.5) is 13.2 Å². The molecule has 0 N–H and O–H groups in total. The molecule has 1 unspecified atom stereocenters. The molecule has 32 heavy (non-hydrogen) atoms. The maximum Gasteiger partial charge on any atom is 0.425 e. The Morgan fingerprint density at radius 3 is 2.34 bits per heavy atom. The van der Waals surface area contributed by atoms with Gasteiger partial charge >= 0.3 is 6.18 Å². The van der Waals surface area contributed by atoms with Crippen LogP contribution in [0.2, 0.25) is 0 Å². The molecule has 1 fully saturated rings. The minimum atomic E-state index is -4.69. The van der Waals surface area contributed by atoms with Gasteiger partial charge in [0.15, 0.2) is 21.7 Å². The molecule has 1 aliphatic heterocycles. The zero-order chi connectivity index (χ0) is 23.7. The SMILES string of the molecule is COc1c(S(C)(=O)=O)ccc(OC(C)C(F)(F)F)c1C(=O)N1CC(Oc2ccncc2)C1. The molecule has 1 saturated heterocycles. The monoisotopic (exact) mass is 474 g/mol. The number of rotatable bonds is 7. The van der Waals surface area contributed by atoms with Gasteiger partial charge in [0, 0.05) is 18.6 Å². The highest BCUT2D eigenvalue weighted by Crippen LogP contribution is 2.38. The fraction of sp³-hybridized carbons (Fsp3) is 0.400. The van der Waals surface area contributed by atoms with Gasteiger partial charge in [-0.2, -0.15) is 13.2 Å². The maximum absolute atomic E-state index is 13.2. The molecule has 3 rings (SSSR count). The number of pyridine rings is 1. The first-order valence-electron chi connectivity index (χ1n) is 9.42. The summed E-state index contributed by atoms with van der Waals surface area (Å²) in [5.74, 6) is -0.978. The summed E-state index contributed by atoms with van der Waals surface area (Å²) in [6.45, 7) is 1.07. The Morgan fingerprint density at radius 1 is 1.19 bits per heavy atom. The zero-order valence-corrected chi connectivity index (χ0v) is 18.2. The minimum absolute atomic E-state index is 0.141. The Bertz CT molecular complexity index is 1090. The molecule has 8 nitrogen and oxygen atoms in total. The number of alkyl halides is 3. The maximum atomic E-state index is 13.2. The molecule has 2 heterocycles. The summed E-state index contributed by atoms with van der Waals surface area (Å²) in [5, 5.41) is 0. The van der Waals surface area contributed by atoms with Crippen LogP contribution >= 0.6 is 0 Å². The molecular weight excluding hydrogens is 453 g/mol. The average Bonchev–Trinajstić information content (AvgIpc) is 2.68. The van der Waals surface area contributed by atoms with E-state index in [9.17, 15) is 26.4 Å². The largest absolute Gasteiger partial charge is 0.494 e. The van der Waals surface area contributed by atoms with Crippen LogP contribution < -0.4 is 14.2 Å². The molecule has 0 bridgehead atoms. The van der Waals surface area contributed by atoms with Crippen molar-refractivity contribution in [3.8, 4) is 17.2 Å².